The summed E-state index contributed by atoms with van der Waals surface area (Å²) in [7, 11) is 0. The fourth-order valence-electron chi connectivity index (χ4n) is 1.72. The van der Waals surface area contributed by atoms with Gasteiger partial charge in [-0.2, -0.15) is 0 Å². The van der Waals surface area contributed by atoms with E-state index in [2.05, 4.69) is 0 Å². The van der Waals surface area contributed by atoms with Crippen molar-refractivity contribution in [3.05, 3.63) is 29.3 Å². The summed E-state index contributed by atoms with van der Waals surface area (Å²) in [5.41, 5.74) is 0. The van der Waals surface area contributed by atoms with E-state index in [9.17, 15) is 9.59 Å². The zero-order valence-electron chi connectivity index (χ0n) is 13.4. The first-order valence-electron chi connectivity index (χ1n) is 7.82. The second kappa shape index (κ2) is 11.8. The molecule has 1 aromatic rings. The summed E-state index contributed by atoms with van der Waals surface area (Å²) >= 11 is 5.93. The third-order valence-corrected chi connectivity index (χ3v) is 3.28. The van der Waals surface area contributed by atoms with E-state index in [1.807, 2.05) is 19.1 Å². The molecule has 0 saturated carbocycles. The SMILES string of the molecule is CCCCOC(=O)CCCC(=O)OCCOc1ccccc1Cl. The highest BCUT2D eigenvalue weighted by molar-refractivity contribution is 6.32. The maximum Gasteiger partial charge on any atom is 0.305 e. The van der Waals surface area contributed by atoms with Gasteiger partial charge in [-0.05, 0) is 25.0 Å². The Kier molecular flexibility index (Phi) is 9.87. The Morgan fingerprint density at radius 2 is 1.61 bits per heavy atom. The van der Waals surface area contributed by atoms with Gasteiger partial charge in [0.1, 0.15) is 19.0 Å². The van der Waals surface area contributed by atoms with Gasteiger partial charge in [-0.3, -0.25) is 9.59 Å². The fourth-order valence-corrected chi connectivity index (χ4v) is 1.91. The second-order valence-corrected chi connectivity index (χ2v) is 5.33. The average Bonchev–Trinajstić information content (AvgIpc) is 2.53. The summed E-state index contributed by atoms with van der Waals surface area (Å²) in [6.45, 7) is 2.85. The van der Waals surface area contributed by atoms with E-state index in [-0.39, 0.29) is 38.0 Å². The van der Waals surface area contributed by atoms with Gasteiger partial charge in [0, 0.05) is 12.8 Å². The van der Waals surface area contributed by atoms with Crippen molar-refractivity contribution in [2.45, 2.75) is 39.0 Å². The molecule has 0 aliphatic rings. The minimum Gasteiger partial charge on any atom is -0.488 e. The van der Waals surface area contributed by atoms with Crippen molar-refractivity contribution in [2.75, 3.05) is 19.8 Å². The second-order valence-electron chi connectivity index (χ2n) is 4.93. The fraction of sp³-hybridized carbons (Fsp3) is 0.529. The molecule has 0 radical (unpaired) electrons. The largest absolute Gasteiger partial charge is 0.488 e. The van der Waals surface area contributed by atoms with E-state index in [1.54, 1.807) is 12.1 Å². The van der Waals surface area contributed by atoms with Gasteiger partial charge in [0.25, 0.3) is 0 Å². The minimum absolute atomic E-state index is 0.144. The molecule has 1 aromatic carbocycles. The Labute approximate surface area is 141 Å². The summed E-state index contributed by atoms with van der Waals surface area (Å²) in [6, 6.07) is 7.09. The van der Waals surface area contributed by atoms with Crippen LogP contribution >= 0.6 is 11.6 Å². The van der Waals surface area contributed by atoms with Crippen molar-refractivity contribution in [2.24, 2.45) is 0 Å². The van der Waals surface area contributed by atoms with Crippen LogP contribution in [0.5, 0.6) is 5.75 Å². The normalized spacial score (nSPS) is 10.2. The summed E-state index contributed by atoms with van der Waals surface area (Å²) in [4.78, 5) is 22.8. The maximum absolute atomic E-state index is 11.5. The number of carbonyl (C=O) groups excluding carboxylic acids is 2. The molecule has 0 aliphatic carbocycles. The van der Waals surface area contributed by atoms with E-state index >= 15 is 0 Å². The van der Waals surface area contributed by atoms with Gasteiger partial charge in [-0.25, -0.2) is 0 Å². The Morgan fingerprint density at radius 3 is 2.26 bits per heavy atom. The first-order chi connectivity index (χ1) is 11.1. The van der Waals surface area contributed by atoms with Crippen LogP contribution in [0.2, 0.25) is 5.02 Å². The molecule has 128 valence electrons. The number of hydrogen-bond acceptors (Lipinski definition) is 5. The van der Waals surface area contributed by atoms with Crippen LogP contribution in [0.3, 0.4) is 0 Å². The molecule has 0 fully saturated rings. The number of carbonyl (C=O) groups is 2. The molecule has 0 bridgehead atoms. The van der Waals surface area contributed by atoms with Crippen molar-refractivity contribution < 1.29 is 23.8 Å². The lowest BCUT2D eigenvalue weighted by Gasteiger charge is -2.08. The van der Waals surface area contributed by atoms with Crippen molar-refractivity contribution in [1.82, 2.24) is 0 Å². The molecule has 23 heavy (non-hydrogen) atoms. The topological polar surface area (TPSA) is 61.8 Å². The van der Waals surface area contributed by atoms with Crippen molar-refractivity contribution >= 4 is 23.5 Å². The predicted octanol–water partition coefficient (Wildman–Crippen LogP) is 3.78. The van der Waals surface area contributed by atoms with Crippen LogP contribution in [-0.4, -0.2) is 31.8 Å². The summed E-state index contributed by atoms with van der Waals surface area (Å²) in [6.07, 6.45) is 2.69. The molecule has 0 heterocycles. The maximum atomic E-state index is 11.5. The molecule has 0 aliphatic heterocycles. The van der Waals surface area contributed by atoms with Crippen LogP contribution in [0.4, 0.5) is 0 Å². The van der Waals surface area contributed by atoms with Crippen molar-refractivity contribution in [1.29, 1.82) is 0 Å². The summed E-state index contributed by atoms with van der Waals surface area (Å²) < 4.78 is 15.4. The van der Waals surface area contributed by atoms with Gasteiger partial charge in [-0.15, -0.1) is 0 Å². The van der Waals surface area contributed by atoms with Crippen LogP contribution < -0.4 is 4.74 Å². The number of hydrogen-bond donors (Lipinski definition) is 0. The Morgan fingerprint density at radius 1 is 0.957 bits per heavy atom. The molecule has 1 rings (SSSR count). The highest BCUT2D eigenvalue weighted by atomic mass is 35.5. The number of unbranched alkanes of at least 4 members (excludes halogenated alkanes) is 1. The first kappa shape index (κ1) is 19.3. The average molecular weight is 343 g/mol. The quantitative estimate of drug-likeness (QED) is 0.452. The number of rotatable bonds is 11. The van der Waals surface area contributed by atoms with Crippen molar-refractivity contribution in [3.8, 4) is 5.75 Å². The molecular formula is C17H23ClO5. The molecule has 0 saturated heterocycles. The number of halogens is 1. The van der Waals surface area contributed by atoms with E-state index < -0.39 is 0 Å². The molecule has 0 unspecified atom stereocenters. The van der Waals surface area contributed by atoms with Gasteiger partial charge < -0.3 is 14.2 Å². The van der Waals surface area contributed by atoms with Crippen molar-refractivity contribution in [3.63, 3.8) is 0 Å². The van der Waals surface area contributed by atoms with E-state index in [0.717, 1.165) is 12.8 Å². The van der Waals surface area contributed by atoms with Gasteiger partial charge in [0.05, 0.1) is 11.6 Å². The lowest BCUT2D eigenvalue weighted by Crippen LogP contribution is -2.13. The third-order valence-electron chi connectivity index (χ3n) is 2.96. The van der Waals surface area contributed by atoms with Gasteiger partial charge in [-0.1, -0.05) is 37.1 Å². The highest BCUT2D eigenvalue weighted by Gasteiger charge is 2.07. The number of benzene rings is 1. The molecular weight excluding hydrogens is 320 g/mol. The number of esters is 2. The van der Waals surface area contributed by atoms with E-state index in [1.165, 1.54) is 0 Å². The smallest absolute Gasteiger partial charge is 0.305 e. The monoisotopic (exact) mass is 342 g/mol. The number of para-hydroxylation sites is 1. The molecule has 6 heteroatoms. The summed E-state index contributed by atoms with van der Waals surface area (Å²) in [5.74, 6) is -0.0672. The highest BCUT2D eigenvalue weighted by Crippen LogP contribution is 2.22. The molecule has 5 nitrogen and oxygen atoms in total. The Hall–Kier alpha value is -1.75. The standard InChI is InChI=1S/C17H23ClO5/c1-2-3-11-22-16(19)9-6-10-17(20)23-13-12-21-15-8-5-4-7-14(15)18/h4-5,7-8H,2-3,6,9-13H2,1H3. The summed E-state index contributed by atoms with van der Waals surface area (Å²) in [5, 5.41) is 0.514. The Balaban J connectivity index is 2.04. The molecule has 0 atom stereocenters. The zero-order valence-corrected chi connectivity index (χ0v) is 14.1. The third kappa shape index (κ3) is 9.08. The predicted molar refractivity (Wildman–Crippen MR) is 87.6 cm³/mol. The van der Waals surface area contributed by atoms with Crippen LogP contribution in [0.1, 0.15) is 39.0 Å². The van der Waals surface area contributed by atoms with E-state index in [0.29, 0.717) is 23.8 Å². The molecule has 0 amide bonds. The molecule has 0 aromatic heterocycles. The van der Waals surface area contributed by atoms with Crippen LogP contribution in [0.25, 0.3) is 0 Å². The zero-order chi connectivity index (χ0) is 16.9. The van der Waals surface area contributed by atoms with Crippen LogP contribution in [0.15, 0.2) is 24.3 Å². The minimum atomic E-state index is -0.353. The Bertz CT molecular complexity index is 490. The number of ether oxygens (including phenoxy) is 3. The van der Waals surface area contributed by atoms with Gasteiger partial charge in [0.15, 0.2) is 0 Å². The van der Waals surface area contributed by atoms with Gasteiger partial charge in [0.2, 0.25) is 0 Å². The molecule has 0 spiro atoms. The lowest BCUT2D eigenvalue weighted by molar-refractivity contribution is -0.145. The van der Waals surface area contributed by atoms with Crippen LogP contribution in [0, 0.1) is 0 Å². The van der Waals surface area contributed by atoms with Crippen LogP contribution in [-0.2, 0) is 19.1 Å². The van der Waals surface area contributed by atoms with E-state index in [4.69, 9.17) is 25.8 Å². The molecule has 0 N–H and O–H groups in total. The first-order valence-corrected chi connectivity index (χ1v) is 8.20. The van der Waals surface area contributed by atoms with Gasteiger partial charge >= 0.3 is 11.9 Å². The lowest BCUT2D eigenvalue weighted by atomic mass is 10.2.